The predicted molar refractivity (Wildman–Crippen MR) is 163 cm³/mol. The van der Waals surface area contributed by atoms with Crippen molar-refractivity contribution in [1.29, 1.82) is 0 Å². The van der Waals surface area contributed by atoms with Gasteiger partial charge in [-0.25, -0.2) is 4.79 Å². The third-order valence-electron chi connectivity index (χ3n) is 7.56. The van der Waals surface area contributed by atoms with Gasteiger partial charge in [0, 0.05) is 59.3 Å². The van der Waals surface area contributed by atoms with Crippen LogP contribution in [0.5, 0.6) is 0 Å². The van der Waals surface area contributed by atoms with Crippen molar-refractivity contribution in [3.63, 3.8) is 0 Å². The Morgan fingerprint density at radius 2 is 1.02 bits per heavy atom. The number of fused-ring (bicyclic) bond motifs is 4. The Morgan fingerprint density at radius 3 is 1.58 bits per heavy atom. The van der Waals surface area contributed by atoms with E-state index in [0.717, 1.165) is 44.5 Å². The van der Waals surface area contributed by atoms with Crippen molar-refractivity contribution >= 4 is 11.9 Å². The molecule has 0 saturated heterocycles. The Morgan fingerprint density at radius 1 is 0.581 bits per heavy atom. The summed E-state index contributed by atoms with van der Waals surface area (Å²) in [6, 6.07) is 31.4. The molecule has 43 heavy (non-hydrogen) atoms. The first-order valence-corrected chi connectivity index (χ1v) is 14.5. The number of esters is 2. The minimum atomic E-state index is -0.473. The number of hydrogen-bond donors (Lipinski definition) is 0. The highest BCUT2D eigenvalue weighted by molar-refractivity contribution is 5.71. The van der Waals surface area contributed by atoms with Crippen LogP contribution in [0.1, 0.15) is 69.6 Å². The number of hydrogen-bond acceptors (Lipinski definition) is 5. The average Bonchev–Trinajstić information content (AvgIpc) is 3.01. The summed E-state index contributed by atoms with van der Waals surface area (Å²) in [6.07, 6.45) is 0.769. The first-order chi connectivity index (χ1) is 21.1. The van der Waals surface area contributed by atoms with E-state index in [0.29, 0.717) is 19.3 Å². The van der Waals surface area contributed by atoms with Gasteiger partial charge in [-0.2, -0.15) is 0 Å². The summed E-state index contributed by atoms with van der Waals surface area (Å²) >= 11 is 0. The molecule has 4 aromatic rings. The van der Waals surface area contributed by atoms with Crippen LogP contribution in [-0.2, 0) is 36.6 Å². The summed E-state index contributed by atoms with van der Waals surface area (Å²) in [7, 11) is 0. The molecule has 5 nitrogen and oxygen atoms in total. The Bertz CT molecular complexity index is 1650. The Kier molecular flexibility index (Phi) is 8.64. The number of carbonyl (C=O) groups is 2. The molecule has 0 fully saturated rings. The van der Waals surface area contributed by atoms with Crippen LogP contribution in [0.4, 0.5) is 0 Å². The summed E-state index contributed by atoms with van der Waals surface area (Å²) in [5.74, 6) is 12.1. The summed E-state index contributed by atoms with van der Waals surface area (Å²) in [5, 5.41) is 0. The highest BCUT2D eigenvalue weighted by Gasteiger charge is 2.24. The zero-order valence-electron chi connectivity index (χ0n) is 23.7. The van der Waals surface area contributed by atoms with Crippen molar-refractivity contribution in [2.24, 2.45) is 0 Å². The van der Waals surface area contributed by atoms with Crippen LogP contribution in [0, 0.1) is 23.7 Å². The molecule has 0 spiro atoms. The molecule has 0 N–H and O–H groups in total. The van der Waals surface area contributed by atoms with Crippen molar-refractivity contribution in [2.45, 2.75) is 37.9 Å². The van der Waals surface area contributed by atoms with Crippen LogP contribution in [0.2, 0.25) is 0 Å². The van der Waals surface area contributed by atoms with Crippen molar-refractivity contribution in [3.05, 3.63) is 142 Å². The summed E-state index contributed by atoms with van der Waals surface area (Å²) in [5.41, 5.74) is 7.44. The second-order valence-electron chi connectivity index (χ2n) is 10.5. The molecule has 0 bridgehead atoms. The van der Waals surface area contributed by atoms with Crippen LogP contribution in [-0.4, -0.2) is 25.2 Å². The van der Waals surface area contributed by atoms with Crippen LogP contribution < -0.4 is 0 Å². The molecular formula is C38H30O5. The van der Waals surface area contributed by atoms with Crippen molar-refractivity contribution in [3.8, 4) is 23.7 Å². The lowest BCUT2D eigenvalue weighted by atomic mass is 9.92. The van der Waals surface area contributed by atoms with Gasteiger partial charge in [0.1, 0.15) is 18.8 Å². The van der Waals surface area contributed by atoms with Gasteiger partial charge in [-0.15, -0.1) is 0 Å². The zero-order chi connectivity index (χ0) is 29.4. The van der Waals surface area contributed by atoms with Gasteiger partial charge in [0.25, 0.3) is 0 Å². The molecule has 0 aliphatic heterocycles. The van der Waals surface area contributed by atoms with E-state index < -0.39 is 18.2 Å². The van der Waals surface area contributed by atoms with Crippen LogP contribution in [0.15, 0.2) is 97.1 Å². The molecule has 2 aliphatic carbocycles. The molecule has 2 atom stereocenters. The normalized spacial score (nSPS) is 15.9. The minimum Gasteiger partial charge on any atom is -0.457 e. The van der Waals surface area contributed by atoms with E-state index >= 15 is 0 Å². The van der Waals surface area contributed by atoms with Crippen LogP contribution >= 0.6 is 0 Å². The van der Waals surface area contributed by atoms with Crippen molar-refractivity contribution in [2.75, 3.05) is 13.2 Å². The number of rotatable bonds is 8. The second kappa shape index (κ2) is 13.3. The molecule has 0 heterocycles. The maximum atomic E-state index is 12.9. The molecule has 5 heteroatoms. The van der Waals surface area contributed by atoms with E-state index in [9.17, 15) is 9.59 Å². The summed E-state index contributed by atoms with van der Waals surface area (Å²) in [6.45, 7) is 0.0296. The van der Waals surface area contributed by atoms with E-state index in [1.807, 2.05) is 97.1 Å². The van der Waals surface area contributed by atoms with Crippen molar-refractivity contribution < 1.29 is 23.8 Å². The molecular weight excluding hydrogens is 536 g/mol. The average molecular weight is 567 g/mol. The van der Waals surface area contributed by atoms with Gasteiger partial charge in [-0.3, -0.25) is 4.79 Å². The molecule has 2 unspecified atom stereocenters. The minimum absolute atomic E-state index is 0.173. The zero-order valence-corrected chi connectivity index (χ0v) is 23.7. The van der Waals surface area contributed by atoms with E-state index in [2.05, 4.69) is 23.7 Å². The Labute approximate surface area is 251 Å². The van der Waals surface area contributed by atoms with Gasteiger partial charge < -0.3 is 14.2 Å². The molecule has 212 valence electrons. The van der Waals surface area contributed by atoms with E-state index in [1.54, 1.807) is 0 Å². The predicted octanol–water partition coefficient (Wildman–Crippen LogP) is 6.26. The molecule has 4 aromatic carbocycles. The number of ether oxygens (including phenoxy) is 3. The molecule has 0 saturated carbocycles. The third-order valence-corrected chi connectivity index (χ3v) is 7.56. The molecule has 0 radical (unpaired) electrons. The highest BCUT2D eigenvalue weighted by Crippen LogP contribution is 2.30. The van der Waals surface area contributed by atoms with E-state index in [-0.39, 0.29) is 25.6 Å². The molecule has 2 aliphatic rings. The van der Waals surface area contributed by atoms with Gasteiger partial charge in [-0.05, 0) is 41.8 Å². The quantitative estimate of drug-likeness (QED) is 0.143. The smallest absolute Gasteiger partial charge is 0.332 e. The van der Waals surface area contributed by atoms with Gasteiger partial charge in [0.2, 0.25) is 0 Å². The maximum Gasteiger partial charge on any atom is 0.332 e. The van der Waals surface area contributed by atoms with Crippen LogP contribution in [0.3, 0.4) is 0 Å². The van der Waals surface area contributed by atoms with E-state index in [4.69, 9.17) is 14.2 Å². The fraction of sp³-hybridized carbons (Fsp3) is 0.211. The van der Waals surface area contributed by atoms with Crippen LogP contribution in [0.25, 0.3) is 0 Å². The topological polar surface area (TPSA) is 61.8 Å². The molecule has 0 aromatic heterocycles. The standard InChI is InChI=1S/C38H30O5/c39-37(42-35-24-31-14-3-1-10-27(31)19-21-29-12-5-7-16-33(29)35)18-9-23-41-26-38(40)43-36-25-32-15-4-2-11-28(32)20-22-30-13-6-8-17-34(30)36/h1-8,10-17,35-36H,9,18,23-26H2. The molecule has 6 rings (SSSR count). The lowest BCUT2D eigenvalue weighted by molar-refractivity contribution is -0.155. The van der Waals surface area contributed by atoms with E-state index in [1.165, 1.54) is 0 Å². The van der Waals surface area contributed by atoms with Crippen molar-refractivity contribution in [1.82, 2.24) is 0 Å². The Hall–Kier alpha value is -5.10. The first kappa shape index (κ1) is 28.0. The summed E-state index contributed by atoms with van der Waals surface area (Å²) < 4.78 is 17.4. The first-order valence-electron chi connectivity index (χ1n) is 14.5. The fourth-order valence-corrected chi connectivity index (χ4v) is 5.41. The largest absolute Gasteiger partial charge is 0.457 e. The third kappa shape index (κ3) is 6.87. The highest BCUT2D eigenvalue weighted by atomic mass is 16.6. The second-order valence-corrected chi connectivity index (χ2v) is 10.5. The molecule has 0 amide bonds. The lowest BCUT2D eigenvalue weighted by Crippen LogP contribution is -2.20. The van der Waals surface area contributed by atoms with Gasteiger partial charge in [0.15, 0.2) is 0 Å². The monoisotopic (exact) mass is 566 g/mol. The Balaban J connectivity index is 1.01. The van der Waals surface area contributed by atoms with Gasteiger partial charge in [-0.1, -0.05) is 96.5 Å². The summed E-state index contributed by atoms with van der Waals surface area (Å²) in [4.78, 5) is 25.6. The number of benzene rings is 4. The SMILES string of the molecule is O=C(CCCOCC(=O)OC1Cc2ccccc2C#Cc2ccccc21)OC1Cc2ccccc2C#Cc2ccccc21. The van der Waals surface area contributed by atoms with Gasteiger partial charge >= 0.3 is 11.9 Å². The lowest BCUT2D eigenvalue weighted by Gasteiger charge is -2.22. The maximum absolute atomic E-state index is 12.9. The fourth-order valence-electron chi connectivity index (χ4n) is 5.41. The number of carbonyl (C=O) groups excluding carboxylic acids is 2. The van der Waals surface area contributed by atoms with Gasteiger partial charge in [0.05, 0.1) is 0 Å².